The van der Waals surface area contributed by atoms with Gasteiger partial charge < -0.3 is 9.52 Å². The van der Waals surface area contributed by atoms with Gasteiger partial charge in [-0.2, -0.15) is 0 Å². The molecule has 0 aliphatic heterocycles. The van der Waals surface area contributed by atoms with Crippen molar-refractivity contribution in [1.29, 1.82) is 0 Å². The Labute approximate surface area is 105 Å². The summed E-state index contributed by atoms with van der Waals surface area (Å²) in [6.45, 7) is 3.42. The lowest BCUT2D eigenvalue weighted by molar-refractivity contribution is -0.146. The van der Waals surface area contributed by atoms with Crippen LogP contribution < -0.4 is 0 Å². The first-order valence-electron chi connectivity index (χ1n) is 5.72. The normalized spacial score (nSPS) is 11.4. The van der Waals surface area contributed by atoms with Crippen LogP contribution in [0, 0.1) is 5.41 Å². The van der Waals surface area contributed by atoms with Gasteiger partial charge in [0.25, 0.3) is 0 Å². The van der Waals surface area contributed by atoms with Crippen molar-refractivity contribution in [1.82, 2.24) is 4.98 Å². The van der Waals surface area contributed by atoms with E-state index in [2.05, 4.69) is 4.98 Å². The first kappa shape index (κ1) is 12.4. The molecule has 0 fully saturated rings. The Morgan fingerprint density at radius 1 is 1.39 bits per heavy atom. The van der Waals surface area contributed by atoms with Crippen LogP contribution >= 0.6 is 0 Å². The number of hydrogen-bond donors (Lipinski definition) is 1. The molecule has 0 unspecified atom stereocenters. The quantitative estimate of drug-likeness (QED) is 0.899. The molecule has 0 radical (unpaired) electrons. The van der Waals surface area contributed by atoms with E-state index >= 15 is 0 Å². The van der Waals surface area contributed by atoms with E-state index < -0.39 is 11.4 Å². The zero-order valence-corrected chi connectivity index (χ0v) is 10.4. The van der Waals surface area contributed by atoms with Crippen molar-refractivity contribution in [3.8, 4) is 11.5 Å². The van der Waals surface area contributed by atoms with Crippen LogP contribution in [-0.4, -0.2) is 16.1 Å². The highest BCUT2D eigenvalue weighted by Crippen LogP contribution is 2.29. The smallest absolute Gasteiger partial charge is 0.309 e. The van der Waals surface area contributed by atoms with Crippen LogP contribution in [0.3, 0.4) is 0 Å². The van der Waals surface area contributed by atoms with Crippen LogP contribution in [0.25, 0.3) is 11.5 Å². The van der Waals surface area contributed by atoms with E-state index in [9.17, 15) is 9.90 Å². The molecule has 0 atom stereocenters. The SMILES string of the molecule is CC(C)(Cc1ccccc1-c1ncco1)C(=O)O. The molecule has 1 N–H and O–H groups in total. The molecular weight excluding hydrogens is 230 g/mol. The second-order valence-electron chi connectivity index (χ2n) is 4.86. The lowest BCUT2D eigenvalue weighted by atomic mass is 9.84. The van der Waals surface area contributed by atoms with Gasteiger partial charge in [-0.05, 0) is 31.9 Å². The summed E-state index contributed by atoms with van der Waals surface area (Å²) < 4.78 is 5.28. The Morgan fingerprint density at radius 3 is 2.72 bits per heavy atom. The number of benzene rings is 1. The van der Waals surface area contributed by atoms with Crippen molar-refractivity contribution in [3.05, 3.63) is 42.3 Å². The summed E-state index contributed by atoms with van der Waals surface area (Å²) in [6.07, 6.45) is 3.52. The molecule has 4 heteroatoms. The lowest BCUT2D eigenvalue weighted by Crippen LogP contribution is -2.26. The van der Waals surface area contributed by atoms with E-state index in [-0.39, 0.29) is 0 Å². The van der Waals surface area contributed by atoms with Gasteiger partial charge in [0.05, 0.1) is 11.6 Å². The predicted molar refractivity (Wildman–Crippen MR) is 67.1 cm³/mol. The van der Waals surface area contributed by atoms with Crippen LogP contribution in [0.15, 0.2) is 41.1 Å². The Bertz CT molecular complexity index is 544. The monoisotopic (exact) mass is 245 g/mol. The summed E-state index contributed by atoms with van der Waals surface area (Å²) in [6, 6.07) is 7.57. The Hall–Kier alpha value is -2.10. The van der Waals surface area contributed by atoms with Crippen molar-refractivity contribution in [2.24, 2.45) is 5.41 Å². The van der Waals surface area contributed by atoms with E-state index in [0.29, 0.717) is 12.3 Å². The van der Waals surface area contributed by atoms with E-state index in [0.717, 1.165) is 11.1 Å². The summed E-state index contributed by atoms with van der Waals surface area (Å²) in [4.78, 5) is 15.3. The van der Waals surface area contributed by atoms with Crippen LogP contribution in [0.2, 0.25) is 0 Å². The minimum absolute atomic E-state index is 0.431. The number of hydrogen-bond acceptors (Lipinski definition) is 3. The molecule has 4 nitrogen and oxygen atoms in total. The molecule has 2 aromatic rings. The van der Waals surface area contributed by atoms with Gasteiger partial charge in [-0.3, -0.25) is 4.79 Å². The largest absolute Gasteiger partial charge is 0.481 e. The number of oxazole rings is 1. The second-order valence-corrected chi connectivity index (χ2v) is 4.86. The number of carbonyl (C=O) groups is 1. The predicted octanol–water partition coefficient (Wildman–Crippen LogP) is 2.99. The van der Waals surface area contributed by atoms with Gasteiger partial charge >= 0.3 is 5.97 Å². The molecule has 1 aromatic heterocycles. The zero-order chi connectivity index (χ0) is 13.2. The van der Waals surface area contributed by atoms with Crippen molar-refractivity contribution < 1.29 is 14.3 Å². The third-order valence-corrected chi connectivity index (χ3v) is 2.89. The first-order chi connectivity index (χ1) is 8.50. The average molecular weight is 245 g/mol. The number of carboxylic acids is 1. The molecule has 2 rings (SSSR count). The lowest BCUT2D eigenvalue weighted by Gasteiger charge is -2.20. The minimum atomic E-state index is -0.817. The Balaban J connectivity index is 2.38. The van der Waals surface area contributed by atoms with Gasteiger partial charge in [0, 0.05) is 5.56 Å². The molecule has 0 saturated carbocycles. The molecule has 0 bridgehead atoms. The molecule has 94 valence electrons. The van der Waals surface area contributed by atoms with Gasteiger partial charge in [-0.15, -0.1) is 0 Å². The molecule has 1 heterocycles. The standard InChI is InChI=1S/C14H15NO3/c1-14(2,13(16)17)9-10-5-3-4-6-11(10)12-15-7-8-18-12/h3-8H,9H2,1-2H3,(H,16,17). The number of nitrogens with zero attached hydrogens (tertiary/aromatic N) is 1. The fourth-order valence-corrected chi connectivity index (χ4v) is 1.79. The molecule has 0 amide bonds. The van der Waals surface area contributed by atoms with Gasteiger partial charge in [-0.1, -0.05) is 18.2 Å². The van der Waals surface area contributed by atoms with Gasteiger partial charge in [0.1, 0.15) is 6.26 Å². The maximum Gasteiger partial charge on any atom is 0.309 e. The van der Waals surface area contributed by atoms with Crippen LogP contribution in [0.1, 0.15) is 19.4 Å². The molecule has 18 heavy (non-hydrogen) atoms. The second kappa shape index (κ2) is 4.64. The number of carboxylic acid groups (broad SMARTS) is 1. The highest BCUT2D eigenvalue weighted by molar-refractivity contribution is 5.74. The van der Waals surface area contributed by atoms with E-state index in [1.54, 1.807) is 20.0 Å². The van der Waals surface area contributed by atoms with Crippen LogP contribution in [0.4, 0.5) is 0 Å². The summed E-state index contributed by atoms with van der Waals surface area (Å²) >= 11 is 0. The minimum Gasteiger partial charge on any atom is -0.481 e. The van der Waals surface area contributed by atoms with Crippen molar-refractivity contribution in [2.75, 3.05) is 0 Å². The summed E-state index contributed by atoms with van der Waals surface area (Å²) in [7, 11) is 0. The highest BCUT2D eigenvalue weighted by atomic mass is 16.4. The fraction of sp³-hybridized carbons (Fsp3) is 0.286. The van der Waals surface area contributed by atoms with Crippen molar-refractivity contribution >= 4 is 5.97 Å². The Morgan fingerprint density at radius 2 is 2.11 bits per heavy atom. The third kappa shape index (κ3) is 2.42. The molecular formula is C14H15NO3. The van der Waals surface area contributed by atoms with Gasteiger partial charge in [-0.25, -0.2) is 4.98 Å². The van der Waals surface area contributed by atoms with Gasteiger partial charge in [0.15, 0.2) is 0 Å². The van der Waals surface area contributed by atoms with E-state index in [1.807, 2.05) is 24.3 Å². The maximum absolute atomic E-state index is 11.2. The third-order valence-electron chi connectivity index (χ3n) is 2.89. The van der Waals surface area contributed by atoms with Gasteiger partial charge in [0.2, 0.25) is 5.89 Å². The van der Waals surface area contributed by atoms with Crippen LogP contribution in [0.5, 0.6) is 0 Å². The highest BCUT2D eigenvalue weighted by Gasteiger charge is 2.28. The molecule has 0 spiro atoms. The molecule has 0 saturated heterocycles. The van der Waals surface area contributed by atoms with E-state index in [1.165, 1.54) is 6.26 Å². The summed E-state index contributed by atoms with van der Waals surface area (Å²) in [5.74, 6) is -0.295. The summed E-state index contributed by atoms with van der Waals surface area (Å²) in [5.41, 5.74) is 0.951. The zero-order valence-electron chi connectivity index (χ0n) is 10.4. The average Bonchev–Trinajstić information content (AvgIpc) is 2.82. The maximum atomic E-state index is 11.2. The molecule has 0 aliphatic carbocycles. The van der Waals surface area contributed by atoms with Crippen molar-refractivity contribution in [2.45, 2.75) is 20.3 Å². The molecule has 1 aromatic carbocycles. The number of rotatable bonds is 4. The number of aromatic nitrogens is 1. The fourth-order valence-electron chi connectivity index (χ4n) is 1.79. The first-order valence-corrected chi connectivity index (χ1v) is 5.72. The molecule has 0 aliphatic rings. The summed E-state index contributed by atoms with van der Waals surface area (Å²) in [5, 5.41) is 9.18. The topological polar surface area (TPSA) is 63.3 Å². The Kier molecular flexibility index (Phi) is 3.19. The van der Waals surface area contributed by atoms with Crippen molar-refractivity contribution in [3.63, 3.8) is 0 Å². The number of aliphatic carboxylic acids is 1. The van der Waals surface area contributed by atoms with Crippen LogP contribution in [-0.2, 0) is 11.2 Å². The van der Waals surface area contributed by atoms with E-state index in [4.69, 9.17) is 4.42 Å².